The molecule has 0 unspecified atom stereocenters. The van der Waals surface area contributed by atoms with Crippen LogP contribution in [-0.4, -0.2) is 17.9 Å². The molecule has 72 valence electrons. The van der Waals surface area contributed by atoms with E-state index in [9.17, 15) is 9.59 Å². The molecular weight excluding hydrogens is 170 g/mol. The van der Waals surface area contributed by atoms with Crippen molar-refractivity contribution in [1.82, 2.24) is 5.32 Å². The van der Waals surface area contributed by atoms with Gasteiger partial charge in [0.15, 0.2) is 6.04 Å². The zero-order valence-corrected chi connectivity index (χ0v) is 7.41. The van der Waals surface area contributed by atoms with Gasteiger partial charge in [0.1, 0.15) is 0 Å². The van der Waals surface area contributed by atoms with E-state index in [-0.39, 0.29) is 0 Å². The van der Waals surface area contributed by atoms with E-state index in [0.29, 0.717) is 5.70 Å². The maximum absolute atomic E-state index is 10.7. The highest BCUT2D eigenvalue weighted by atomic mass is 16.2. The van der Waals surface area contributed by atoms with E-state index in [1.807, 2.05) is 0 Å². The Morgan fingerprint density at radius 1 is 1.38 bits per heavy atom. The fourth-order valence-corrected chi connectivity index (χ4v) is 0.709. The zero-order chi connectivity index (χ0) is 10.4. The Bertz CT molecular complexity index is 244. The largest absolute Gasteiger partial charge is 0.367 e. The van der Waals surface area contributed by atoms with Crippen molar-refractivity contribution < 1.29 is 9.59 Å². The van der Waals surface area contributed by atoms with Crippen LogP contribution in [0.4, 0.5) is 0 Å². The van der Waals surface area contributed by atoms with Gasteiger partial charge >= 0.3 is 0 Å². The lowest BCUT2D eigenvalue weighted by Crippen LogP contribution is -2.49. The second kappa shape index (κ2) is 4.97. The molecule has 0 saturated heterocycles. The summed E-state index contributed by atoms with van der Waals surface area (Å²) >= 11 is 0. The summed E-state index contributed by atoms with van der Waals surface area (Å²) in [4.78, 5) is 21.4. The molecule has 0 rings (SSSR count). The minimum Gasteiger partial charge on any atom is -0.367 e. The number of rotatable bonds is 5. The van der Waals surface area contributed by atoms with Gasteiger partial charge in [-0.2, -0.15) is 0 Å². The smallest absolute Gasteiger partial charge is 0.249 e. The quantitative estimate of drug-likeness (QED) is 0.377. The lowest BCUT2D eigenvalue weighted by molar-refractivity contribution is -0.128. The molecule has 0 bridgehead atoms. The molecule has 0 fully saturated rings. The van der Waals surface area contributed by atoms with Gasteiger partial charge in [-0.3, -0.25) is 9.59 Å². The lowest BCUT2D eigenvalue weighted by atomic mass is 10.2. The van der Waals surface area contributed by atoms with Gasteiger partial charge in [0, 0.05) is 5.70 Å². The van der Waals surface area contributed by atoms with Gasteiger partial charge in [0.2, 0.25) is 11.8 Å². The topological polar surface area (TPSA) is 98.2 Å². The molecule has 0 saturated carbocycles. The average Bonchev–Trinajstić information content (AvgIpc) is 2.05. The molecule has 0 atom stereocenters. The van der Waals surface area contributed by atoms with Gasteiger partial charge in [-0.15, -0.1) is 0 Å². The van der Waals surface area contributed by atoms with Crippen molar-refractivity contribution in [3.05, 3.63) is 24.4 Å². The number of nitrogens with one attached hydrogen (secondary N) is 1. The number of primary amides is 2. The molecule has 5 N–H and O–H groups in total. The summed E-state index contributed by atoms with van der Waals surface area (Å²) in [7, 11) is 0. The van der Waals surface area contributed by atoms with Crippen LogP contribution in [-0.2, 0) is 9.59 Å². The number of hydrogen-bond acceptors (Lipinski definition) is 3. The summed E-state index contributed by atoms with van der Waals surface area (Å²) in [6.45, 7) is 5.19. The van der Waals surface area contributed by atoms with Crippen molar-refractivity contribution in [2.75, 3.05) is 0 Å². The number of hydrogen-bond donors (Lipinski definition) is 3. The average molecular weight is 183 g/mol. The zero-order valence-electron chi connectivity index (χ0n) is 7.41. The molecule has 0 aliphatic carbocycles. The van der Waals surface area contributed by atoms with Crippen molar-refractivity contribution in [1.29, 1.82) is 0 Å². The molecule has 0 aliphatic heterocycles. The van der Waals surface area contributed by atoms with Crippen LogP contribution in [0.5, 0.6) is 0 Å². The summed E-state index contributed by atoms with van der Waals surface area (Å²) in [5.41, 5.74) is 10.4. The second-order valence-corrected chi connectivity index (χ2v) is 2.33. The number of carbonyl (C=O) groups excluding carboxylic acids is 2. The van der Waals surface area contributed by atoms with E-state index in [1.165, 1.54) is 6.08 Å². The molecule has 0 aromatic carbocycles. The fraction of sp³-hybridized carbons (Fsp3) is 0.250. The summed E-state index contributed by atoms with van der Waals surface area (Å²) in [5.74, 6) is -1.62. The van der Waals surface area contributed by atoms with Crippen molar-refractivity contribution in [3.8, 4) is 0 Å². The monoisotopic (exact) mass is 183 g/mol. The summed E-state index contributed by atoms with van der Waals surface area (Å²) in [5, 5.41) is 2.55. The third kappa shape index (κ3) is 3.42. The van der Waals surface area contributed by atoms with Gasteiger partial charge in [-0.1, -0.05) is 12.7 Å². The molecule has 0 spiro atoms. The minimum absolute atomic E-state index is 0.530. The molecule has 0 radical (unpaired) electrons. The van der Waals surface area contributed by atoms with Crippen molar-refractivity contribution >= 4 is 11.8 Å². The molecule has 13 heavy (non-hydrogen) atoms. The van der Waals surface area contributed by atoms with Crippen LogP contribution in [0.3, 0.4) is 0 Å². The summed E-state index contributed by atoms with van der Waals surface area (Å²) in [6, 6.07) is -1.19. The van der Waals surface area contributed by atoms with Crippen molar-refractivity contribution in [3.63, 3.8) is 0 Å². The highest BCUT2D eigenvalue weighted by Gasteiger charge is 2.20. The normalized spacial score (nSPS) is 11.1. The van der Waals surface area contributed by atoms with Crippen LogP contribution in [0.2, 0.25) is 0 Å². The van der Waals surface area contributed by atoms with Crippen molar-refractivity contribution in [2.45, 2.75) is 13.0 Å². The molecule has 0 aromatic rings. The molecule has 2 amide bonds. The van der Waals surface area contributed by atoms with E-state index in [4.69, 9.17) is 11.5 Å². The Hall–Kier alpha value is -1.78. The standard InChI is InChI=1S/C8H13N3O2/c1-3-5(4-2)11-6(7(9)12)8(10)13/h3-4,6,11H,1H2,2H3,(H2,9,12)(H2,10,13). The van der Waals surface area contributed by atoms with E-state index in [2.05, 4.69) is 11.9 Å². The maximum Gasteiger partial charge on any atom is 0.249 e. The molecule has 5 heteroatoms. The molecular formula is C8H13N3O2. The van der Waals surface area contributed by atoms with Crippen LogP contribution in [0, 0.1) is 0 Å². The van der Waals surface area contributed by atoms with E-state index in [0.717, 1.165) is 0 Å². The Morgan fingerprint density at radius 2 is 1.85 bits per heavy atom. The van der Waals surface area contributed by atoms with E-state index in [1.54, 1.807) is 13.0 Å². The van der Waals surface area contributed by atoms with Crippen LogP contribution < -0.4 is 16.8 Å². The van der Waals surface area contributed by atoms with Gasteiger partial charge in [0.05, 0.1) is 0 Å². The fourth-order valence-electron chi connectivity index (χ4n) is 0.709. The highest BCUT2D eigenvalue weighted by molar-refractivity contribution is 6.03. The van der Waals surface area contributed by atoms with Gasteiger partial charge in [-0.25, -0.2) is 0 Å². The van der Waals surface area contributed by atoms with Gasteiger partial charge in [0.25, 0.3) is 0 Å². The minimum atomic E-state index is -1.19. The Labute approximate surface area is 76.5 Å². The molecule has 5 nitrogen and oxygen atoms in total. The Kier molecular flexibility index (Phi) is 4.29. The first-order valence-electron chi connectivity index (χ1n) is 3.66. The third-order valence-electron chi connectivity index (χ3n) is 1.41. The first-order chi connectivity index (χ1) is 6.02. The van der Waals surface area contributed by atoms with Crippen LogP contribution in [0.15, 0.2) is 24.4 Å². The van der Waals surface area contributed by atoms with Crippen molar-refractivity contribution in [2.24, 2.45) is 11.5 Å². The summed E-state index contributed by atoms with van der Waals surface area (Å²) < 4.78 is 0. The first-order valence-corrected chi connectivity index (χ1v) is 3.66. The van der Waals surface area contributed by atoms with Crippen LogP contribution >= 0.6 is 0 Å². The number of carbonyl (C=O) groups is 2. The van der Waals surface area contributed by atoms with Crippen LogP contribution in [0.1, 0.15) is 6.92 Å². The predicted octanol–water partition coefficient (Wildman–Crippen LogP) is -0.995. The second-order valence-electron chi connectivity index (χ2n) is 2.33. The third-order valence-corrected chi connectivity index (χ3v) is 1.41. The van der Waals surface area contributed by atoms with Gasteiger partial charge in [-0.05, 0) is 13.0 Å². The van der Waals surface area contributed by atoms with E-state index < -0.39 is 17.9 Å². The molecule has 0 heterocycles. The number of amides is 2. The van der Waals surface area contributed by atoms with Gasteiger partial charge < -0.3 is 16.8 Å². The number of allylic oxidation sites excluding steroid dienone is 2. The van der Waals surface area contributed by atoms with Crippen LogP contribution in [0.25, 0.3) is 0 Å². The Morgan fingerprint density at radius 3 is 2.08 bits per heavy atom. The van der Waals surface area contributed by atoms with E-state index >= 15 is 0 Å². The SMILES string of the molecule is C=CC(=CC)NC(C(N)=O)C(N)=O. The maximum atomic E-state index is 10.7. The molecule has 0 aliphatic rings. The predicted molar refractivity (Wildman–Crippen MR) is 49.3 cm³/mol. The summed E-state index contributed by atoms with van der Waals surface area (Å²) in [6.07, 6.45) is 3.10. The highest BCUT2D eigenvalue weighted by Crippen LogP contribution is 1.92. The molecule has 0 aromatic heterocycles. The lowest BCUT2D eigenvalue weighted by Gasteiger charge is -2.13. The Balaban J connectivity index is 4.52. The number of nitrogens with two attached hydrogens (primary N) is 2. The first kappa shape index (κ1) is 11.2.